The van der Waals surface area contributed by atoms with Gasteiger partial charge in [-0.1, -0.05) is 24.1 Å². The maximum absolute atomic E-state index is 12.3. The summed E-state index contributed by atoms with van der Waals surface area (Å²) in [7, 11) is 1.87. The zero-order valence-corrected chi connectivity index (χ0v) is 17.2. The van der Waals surface area contributed by atoms with Crippen molar-refractivity contribution >= 4 is 11.4 Å². The summed E-state index contributed by atoms with van der Waals surface area (Å²) in [6.45, 7) is 0. The van der Waals surface area contributed by atoms with Crippen LogP contribution in [0, 0.1) is 11.8 Å². The maximum Gasteiger partial charge on any atom is 0.389 e. The van der Waals surface area contributed by atoms with Crippen LogP contribution in [-0.4, -0.2) is 30.9 Å². The Hall–Kier alpha value is -3.86. The van der Waals surface area contributed by atoms with E-state index in [4.69, 9.17) is 0 Å². The number of rotatable bonds is 5. The Morgan fingerprint density at radius 2 is 1.94 bits per heavy atom. The number of alkyl halides is 3. The Bertz CT molecular complexity index is 1340. The lowest BCUT2D eigenvalue weighted by Crippen LogP contribution is -2.12. The minimum atomic E-state index is -4.32. The van der Waals surface area contributed by atoms with Gasteiger partial charge in [0.25, 0.3) is 0 Å². The zero-order chi connectivity index (χ0) is 22.7. The van der Waals surface area contributed by atoms with Crippen LogP contribution in [0.3, 0.4) is 0 Å². The van der Waals surface area contributed by atoms with E-state index < -0.39 is 24.8 Å². The van der Waals surface area contributed by atoms with Gasteiger partial charge in [-0.05, 0) is 29.7 Å². The average molecular weight is 436 g/mol. The van der Waals surface area contributed by atoms with Crippen LogP contribution in [-0.2, 0) is 18.3 Å². The van der Waals surface area contributed by atoms with Crippen LogP contribution in [0.5, 0.6) is 0 Å². The molecule has 0 N–H and O–H groups in total. The smallest absolute Gasteiger partial charge is 0.327 e. The van der Waals surface area contributed by atoms with Crippen LogP contribution in [0.2, 0.25) is 0 Å². The van der Waals surface area contributed by atoms with Crippen molar-refractivity contribution in [1.82, 2.24) is 18.9 Å². The Kier molecular flexibility index (Phi) is 5.82. The van der Waals surface area contributed by atoms with Crippen molar-refractivity contribution in [3.63, 3.8) is 0 Å². The first kappa shape index (κ1) is 21.4. The van der Waals surface area contributed by atoms with E-state index in [0.29, 0.717) is 17.0 Å². The van der Waals surface area contributed by atoms with Gasteiger partial charge in [-0.3, -0.25) is 9.20 Å². The van der Waals surface area contributed by atoms with Gasteiger partial charge < -0.3 is 4.57 Å². The molecule has 0 amide bonds. The molecule has 4 rings (SSSR count). The highest BCUT2D eigenvalue weighted by Gasteiger charge is 2.27. The van der Waals surface area contributed by atoms with Crippen LogP contribution in [0.4, 0.5) is 13.2 Å². The number of aromatic nitrogens is 4. The van der Waals surface area contributed by atoms with Crippen molar-refractivity contribution in [2.75, 3.05) is 0 Å². The lowest BCUT2D eigenvalue weighted by molar-refractivity contribution is -0.143. The molecule has 0 aliphatic heterocycles. The van der Waals surface area contributed by atoms with Crippen molar-refractivity contribution in [3.05, 3.63) is 78.1 Å². The van der Waals surface area contributed by atoms with Crippen LogP contribution >= 0.6 is 0 Å². The van der Waals surface area contributed by atoms with E-state index in [0.717, 1.165) is 16.8 Å². The molecule has 0 saturated heterocycles. The molecule has 3 heterocycles. The molecular weight excluding hydrogens is 417 g/mol. The number of Topliss-reactive ketones (excluding diaryl/α,β-unsaturated/α-hetero) is 1. The number of benzene rings is 1. The molecule has 0 unspecified atom stereocenters. The molecule has 0 radical (unpaired) electrons. The number of carbonyl (C=O) groups is 1. The average Bonchev–Trinajstić information content (AvgIpc) is 3.36. The highest BCUT2D eigenvalue weighted by molar-refractivity contribution is 5.81. The SMILES string of the molecule is Cn1ccnc1C#Cc1ccn2c(-c3cccc(CC(=O)CCC(F)(F)F)c3)cnc2c1. The van der Waals surface area contributed by atoms with E-state index in [9.17, 15) is 18.0 Å². The third kappa shape index (κ3) is 5.06. The molecule has 1 aromatic carbocycles. The molecule has 0 fully saturated rings. The number of imidazole rings is 2. The normalized spacial score (nSPS) is 11.4. The van der Waals surface area contributed by atoms with Crippen molar-refractivity contribution in [2.24, 2.45) is 7.05 Å². The predicted octanol–water partition coefficient (Wildman–Crippen LogP) is 4.59. The lowest BCUT2D eigenvalue weighted by Gasteiger charge is -2.07. The van der Waals surface area contributed by atoms with E-state index in [2.05, 4.69) is 21.8 Å². The summed E-state index contributed by atoms with van der Waals surface area (Å²) in [5.74, 6) is 6.32. The van der Waals surface area contributed by atoms with Gasteiger partial charge >= 0.3 is 6.18 Å². The second kappa shape index (κ2) is 8.71. The first-order valence-electron chi connectivity index (χ1n) is 9.93. The molecule has 8 heteroatoms. The number of fused-ring (bicyclic) bond motifs is 1. The fourth-order valence-corrected chi connectivity index (χ4v) is 3.32. The molecule has 0 aliphatic rings. The number of ketones is 1. The summed E-state index contributed by atoms with van der Waals surface area (Å²) in [5, 5.41) is 0. The van der Waals surface area contributed by atoms with Crippen LogP contribution in [0.25, 0.3) is 16.9 Å². The van der Waals surface area contributed by atoms with Crippen LogP contribution < -0.4 is 0 Å². The zero-order valence-electron chi connectivity index (χ0n) is 17.2. The quantitative estimate of drug-likeness (QED) is 0.430. The summed E-state index contributed by atoms with van der Waals surface area (Å²) in [4.78, 5) is 20.6. The van der Waals surface area contributed by atoms with E-state index in [-0.39, 0.29) is 6.42 Å². The highest BCUT2D eigenvalue weighted by atomic mass is 19.4. The van der Waals surface area contributed by atoms with Gasteiger partial charge in [-0.2, -0.15) is 13.2 Å². The van der Waals surface area contributed by atoms with E-state index in [1.165, 1.54) is 0 Å². The summed E-state index contributed by atoms with van der Waals surface area (Å²) in [6.07, 6.45) is 1.13. The van der Waals surface area contributed by atoms with E-state index in [1.54, 1.807) is 24.5 Å². The largest absolute Gasteiger partial charge is 0.389 e. The van der Waals surface area contributed by atoms with E-state index in [1.807, 2.05) is 52.7 Å². The number of halogens is 3. The standard InChI is InChI=1S/C24H19F3N4O/c1-30-12-10-28-22(30)6-5-17-8-11-31-21(16-29-23(31)15-17)19-4-2-3-18(13-19)14-20(32)7-9-24(25,26)27/h2-4,8,10-13,15-16H,7,9,14H2,1H3. The summed E-state index contributed by atoms with van der Waals surface area (Å²) < 4.78 is 40.8. The van der Waals surface area contributed by atoms with Gasteiger partial charge in [0.1, 0.15) is 11.4 Å². The second-order valence-corrected chi connectivity index (χ2v) is 7.43. The minimum absolute atomic E-state index is 0.0341. The summed E-state index contributed by atoms with van der Waals surface area (Å²) in [6, 6.07) is 10.9. The Morgan fingerprint density at radius 3 is 2.69 bits per heavy atom. The number of hydrogen-bond acceptors (Lipinski definition) is 3. The minimum Gasteiger partial charge on any atom is -0.327 e. The van der Waals surface area contributed by atoms with Gasteiger partial charge in [-0.25, -0.2) is 9.97 Å². The number of hydrogen-bond donors (Lipinski definition) is 0. The van der Waals surface area contributed by atoms with Gasteiger partial charge in [-0.15, -0.1) is 0 Å². The Balaban J connectivity index is 1.54. The molecule has 32 heavy (non-hydrogen) atoms. The third-order valence-corrected chi connectivity index (χ3v) is 4.96. The topological polar surface area (TPSA) is 52.2 Å². The van der Waals surface area contributed by atoms with Gasteiger partial charge in [0.2, 0.25) is 0 Å². The second-order valence-electron chi connectivity index (χ2n) is 7.43. The number of carbonyl (C=O) groups excluding carboxylic acids is 1. The van der Waals surface area contributed by atoms with Crippen molar-refractivity contribution in [3.8, 4) is 23.1 Å². The van der Waals surface area contributed by atoms with Gasteiger partial charge in [0, 0.05) is 49.6 Å². The molecule has 5 nitrogen and oxygen atoms in total. The number of nitrogens with zero attached hydrogens (tertiary/aromatic N) is 4. The number of aryl methyl sites for hydroxylation is 1. The predicted molar refractivity (Wildman–Crippen MR) is 114 cm³/mol. The highest BCUT2D eigenvalue weighted by Crippen LogP contribution is 2.24. The fraction of sp³-hybridized carbons (Fsp3) is 0.208. The molecule has 0 bridgehead atoms. The summed E-state index contributed by atoms with van der Waals surface area (Å²) >= 11 is 0. The molecule has 3 aromatic heterocycles. The third-order valence-electron chi connectivity index (χ3n) is 4.96. The summed E-state index contributed by atoms with van der Waals surface area (Å²) in [5.41, 5.74) is 3.81. The molecule has 0 atom stereocenters. The van der Waals surface area contributed by atoms with E-state index >= 15 is 0 Å². The Labute approximate surface area is 182 Å². The number of pyridine rings is 1. The molecule has 162 valence electrons. The monoisotopic (exact) mass is 436 g/mol. The molecule has 0 saturated carbocycles. The first-order chi connectivity index (χ1) is 15.3. The van der Waals surface area contributed by atoms with Crippen molar-refractivity contribution in [2.45, 2.75) is 25.4 Å². The molecule has 4 aromatic rings. The lowest BCUT2D eigenvalue weighted by atomic mass is 10.0. The van der Waals surface area contributed by atoms with Crippen molar-refractivity contribution < 1.29 is 18.0 Å². The Morgan fingerprint density at radius 1 is 1.09 bits per heavy atom. The van der Waals surface area contributed by atoms with Crippen LogP contribution in [0.1, 0.15) is 29.8 Å². The van der Waals surface area contributed by atoms with Crippen LogP contribution in [0.15, 0.2) is 61.2 Å². The molecular formula is C24H19F3N4O. The molecule has 0 aliphatic carbocycles. The molecule has 0 spiro atoms. The van der Waals surface area contributed by atoms with Gasteiger partial charge in [0.15, 0.2) is 5.82 Å². The fourth-order valence-electron chi connectivity index (χ4n) is 3.32. The first-order valence-corrected chi connectivity index (χ1v) is 9.93. The van der Waals surface area contributed by atoms with Crippen molar-refractivity contribution in [1.29, 1.82) is 0 Å². The maximum atomic E-state index is 12.3. The van der Waals surface area contributed by atoms with Gasteiger partial charge in [0.05, 0.1) is 18.3 Å².